The highest BCUT2D eigenvalue weighted by Crippen LogP contribution is 2.29. The molecule has 0 aromatic heterocycles. The second-order valence-corrected chi connectivity index (χ2v) is 5.80. The van der Waals surface area contributed by atoms with E-state index in [1.165, 1.54) is 0 Å². The average Bonchev–Trinajstić information content (AvgIpc) is 2.35. The molecule has 1 aromatic carbocycles. The van der Waals surface area contributed by atoms with E-state index in [0.29, 0.717) is 5.92 Å². The lowest BCUT2D eigenvalue weighted by Crippen LogP contribution is -2.38. The molecule has 0 unspecified atom stereocenters. The van der Waals surface area contributed by atoms with Crippen molar-refractivity contribution in [2.75, 3.05) is 25.5 Å². The molecular weight excluding hydrogens is 308 g/mol. The van der Waals surface area contributed by atoms with Crippen LogP contribution in [0.2, 0.25) is 0 Å². The number of rotatable bonds is 6. The van der Waals surface area contributed by atoms with E-state index in [0.717, 1.165) is 29.5 Å². The normalized spacial score (nSPS) is 21.8. The van der Waals surface area contributed by atoms with Gasteiger partial charge in [-0.05, 0) is 56.6 Å². The van der Waals surface area contributed by atoms with Crippen LogP contribution in [0.4, 0.5) is 5.69 Å². The second kappa shape index (κ2) is 7.03. The van der Waals surface area contributed by atoms with Gasteiger partial charge in [-0.1, -0.05) is 15.9 Å². The highest BCUT2D eigenvalue weighted by atomic mass is 79.9. The van der Waals surface area contributed by atoms with E-state index in [1.807, 2.05) is 31.3 Å². The van der Waals surface area contributed by atoms with Crippen molar-refractivity contribution in [2.45, 2.75) is 18.9 Å². The fourth-order valence-corrected chi connectivity index (χ4v) is 2.45. The zero-order valence-corrected chi connectivity index (χ0v) is 12.6. The SMILES string of the molecule is CNCC1CC(OCC(=O)Nc2ccc(Br)cc2)C1. The summed E-state index contributed by atoms with van der Waals surface area (Å²) in [5.41, 5.74) is 0.790. The van der Waals surface area contributed by atoms with Crippen LogP contribution in [0, 0.1) is 5.92 Å². The quantitative estimate of drug-likeness (QED) is 0.844. The fraction of sp³-hybridized carbons (Fsp3) is 0.500. The molecule has 2 N–H and O–H groups in total. The number of anilines is 1. The minimum atomic E-state index is -0.0978. The topological polar surface area (TPSA) is 50.4 Å². The number of hydrogen-bond donors (Lipinski definition) is 2. The van der Waals surface area contributed by atoms with Crippen molar-refractivity contribution in [3.63, 3.8) is 0 Å². The first kappa shape index (κ1) is 14.5. The maximum Gasteiger partial charge on any atom is 0.250 e. The molecule has 1 amide bonds. The van der Waals surface area contributed by atoms with E-state index in [-0.39, 0.29) is 18.6 Å². The molecule has 2 rings (SSSR count). The van der Waals surface area contributed by atoms with Crippen LogP contribution in [0.25, 0.3) is 0 Å². The molecule has 1 fully saturated rings. The third-order valence-corrected chi connectivity index (χ3v) is 3.79. The summed E-state index contributed by atoms with van der Waals surface area (Å²) in [6, 6.07) is 7.50. The van der Waals surface area contributed by atoms with Crippen LogP contribution in [0.5, 0.6) is 0 Å². The Bertz CT molecular complexity index is 416. The van der Waals surface area contributed by atoms with Crippen molar-refractivity contribution in [3.05, 3.63) is 28.7 Å². The Morgan fingerprint density at radius 3 is 2.68 bits per heavy atom. The van der Waals surface area contributed by atoms with Crippen LogP contribution in [-0.4, -0.2) is 32.2 Å². The summed E-state index contributed by atoms with van der Waals surface area (Å²) in [5.74, 6) is 0.601. The number of amides is 1. The molecule has 0 bridgehead atoms. The monoisotopic (exact) mass is 326 g/mol. The first-order valence-electron chi connectivity index (χ1n) is 6.49. The number of ether oxygens (including phenoxy) is 1. The lowest BCUT2D eigenvalue weighted by atomic mass is 9.82. The Morgan fingerprint density at radius 2 is 2.05 bits per heavy atom. The maximum atomic E-state index is 11.7. The molecule has 1 saturated carbocycles. The average molecular weight is 327 g/mol. The highest BCUT2D eigenvalue weighted by Gasteiger charge is 2.29. The Morgan fingerprint density at radius 1 is 1.37 bits per heavy atom. The van der Waals surface area contributed by atoms with Crippen molar-refractivity contribution >= 4 is 27.5 Å². The summed E-state index contributed by atoms with van der Waals surface area (Å²) in [4.78, 5) is 11.7. The predicted molar refractivity (Wildman–Crippen MR) is 79.2 cm³/mol. The smallest absolute Gasteiger partial charge is 0.250 e. The summed E-state index contributed by atoms with van der Waals surface area (Å²) < 4.78 is 6.56. The Balaban J connectivity index is 1.64. The molecule has 4 nitrogen and oxygen atoms in total. The summed E-state index contributed by atoms with van der Waals surface area (Å²) in [5, 5.41) is 5.97. The van der Waals surface area contributed by atoms with Crippen molar-refractivity contribution < 1.29 is 9.53 Å². The predicted octanol–water partition coefficient (Wildman–Crippen LogP) is 2.40. The van der Waals surface area contributed by atoms with Gasteiger partial charge in [0.15, 0.2) is 0 Å². The summed E-state index contributed by atoms with van der Waals surface area (Å²) in [6.07, 6.45) is 2.34. The van der Waals surface area contributed by atoms with Crippen molar-refractivity contribution in [1.29, 1.82) is 0 Å². The summed E-state index contributed by atoms with van der Waals surface area (Å²) in [6.45, 7) is 1.16. The molecular formula is C14H19BrN2O2. The highest BCUT2D eigenvalue weighted by molar-refractivity contribution is 9.10. The van der Waals surface area contributed by atoms with E-state index in [4.69, 9.17) is 4.74 Å². The molecule has 1 aliphatic carbocycles. The van der Waals surface area contributed by atoms with Gasteiger partial charge in [-0.15, -0.1) is 0 Å². The van der Waals surface area contributed by atoms with Gasteiger partial charge in [0.1, 0.15) is 6.61 Å². The number of benzene rings is 1. The Kier molecular flexibility index (Phi) is 5.36. The van der Waals surface area contributed by atoms with Gasteiger partial charge in [0.05, 0.1) is 6.10 Å². The van der Waals surface area contributed by atoms with Crippen molar-refractivity contribution in [3.8, 4) is 0 Å². The molecule has 104 valence electrons. The molecule has 19 heavy (non-hydrogen) atoms. The molecule has 1 aliphatic rings. The lowest BCUT2D eigenvalue weighted by Gasteiger charge is -2.34. The van der Waals surface area contributed by atoms with Gasteiger partial charge in [0.25, 0.3) is 0 Å². The van der Waals surface area contributed by atoms with Gasteiger partial charge in [-0.3, -0.25) is 4.79 Å². The van der Waals surface area contributed by atoms with Crippen LogP contribution in [0.15, 0.2) is 28.7 Å². The minimum absolute atomic E-state index is 0.0978. The van der Waals surface area contributed by atoms with Crippen LogP contribution in [-0.2, 0) is 9.53 Å². The van der Waals surface area contributed by atoms with Gasteiger partial charge in [0, 0.05) is 10.2 Å². The molecule has 0 atom stereocenters. The number of nitrogens with one attached hydrogen (secondary N) is 2. The van der Waals surface area contributed by atoms with Crippen molar-refractivity contribution in [1.82, 2.24) is 5.32 Å². The molecule has 0 saturated heterocycles. The van der Waals surface area contributed by atoms with E-state index >= 15 is 0 Å². The molecule has 5 heteroatoms. The van der Waals surface area contributed by atoms with Crippen molar-refractivity contribution in [2.24, 2.45) is 5.92 Å². The largest absolute Gasteiger partial charge is 0.368 e. The van der Waals surface area contributed by atoms with Gasteiger partial charge < -0.3 is 15.4 Å². The number of hydrogen-bond acceptors (Lipinski definition) is 3. The lowest BCUT2D eigenvalue weighted by molar-refractivity contribution is -0.125. The first-order chi connectivity index (χ1) is 9.17. The van der Waals surface area contributed by atoms with E-state index in [2.05, 4.69) is 26.6 Å². The maximum absolute atomic E-state index is 11.7. The first-order valence-corrected chi connectivity index (χ1v) is 7.28. The van der Waals surface area contributed by atoms with E-state index in [1.54, 1.807) is 0 Å². The van der Waals surface area contributed by atoms with Crippen LogP contribution >= 0.6 is 15.9 Å². The third-order valence-electron chi connectivity index (χ3n) is 3.26. The Labute approximate surface area is 122 Å². The number of carbonyl (C=O) groups excluding carboxylic acids is 1. The van der Waals surface area contributed by atoms with Crippen LogP contribution in [0.3, 0.4) is 0 Å². The van der Waals surface area contributed by atoms with Crippen LogP contribution in [0.1, 0.15) is 12.8 Å². The standard InChI is InChI=1S/C14H19BrN2O2/c1-16-8-10-6-13(7-10)19-9-14(18)17-12-4-2-11(15)3-5-12/h2-5,10,13,16H,6-9H2,1H3,(H,17,18). The van der Waals surface area contributed by atoms with Gasteiger partial charge in [-0.25, -0.2) is 0 Å². The van der Waals surface area contributed by atoms with E-state index in [9.17, 15) is 4.79 Å². The van der Waals surface area contributed by atoms with Gasteiger partial charge >= 0.3 is 0 Å². The summed E-state index contributed by atoms with van der Waals surface area (Å²) in [7, 11) is 1.96. The van der Waals surface area contributed by atoms with Crippen LogP contribution < -0.4 is 10.6 Å². The zero-order valence-electron chi connectivity index (χ0n) is 11.0. The second-order valence-electron chi connectivity index (χ2n) is 4.88. The molecule has 0 radical (unpaired) electrons. The molecule has 0 spiro atoms. The molecule has 0 heterocycles. The Hall–Kier alpha value is -0.910. The number of carbonyl (C=O) groups is 1. The third kappa shape index (κ3) is 4.60. The van der Waals surface area contributed by atoms with Gasteiger partial charge in [-0.2, -0.15) is 0 Å². The van der Waals surface area contributed by atoms with Gasteiger partial charge in [0.2, 0.25) is 5.91 Å². The summed E-state index contributed by atoms with van der Waals surface area (Å²) >= 11 is 3.35. The fourth-order valence-electron chi connectivity index (χ4n) is 2.19. The molecule has 1 aromatic rings. The zero-order chi connectivity index (χ0) is 13.7. The van der Waals surface area contributed by atoms with E-state index < -0.39 is 0 Å². The molecule has 0 aliphatic heterocycles. The number of halogens is 1. The minimum Gasteiger partial charge on any atom is -0.368 e.